The van der Waals surface area contributed by atoms with Crippen molar-refractivity contribution in [3.8, 4) is 0 Å². The number of rotatable bonds is 7. The number of amides is 1. The number of anilines is 1. The fraction of sp³-hybridized carbons (Fsp3) is 0.200. The highest BCUT2D eigenvalue weighted by molar-refractivity contribution is 7.13. The van der Waals surface area contributed by atoms with Gasteiger partial charge in [0.1, 0.15) is 5.15 Å². The first-order valence-corrected chi connectivity index (χ1v) is 10.0. The molecule has 0 radical (unpaired) electrons. The summed E-state index contributed by atoms with van der Waals surface area (Å²) in [4.78, 5) is 27.8. The van der Waals surface area contributed by atoms with E-state index in [-0.39, 0.29) is 0 Å². The van der Waals surface area contributed by atoms with Crippen molar-refractivity contribution in [1.82, 2.24) is 14.8 Å². The summed E-state index contributed by atoms with van der Waals surface area (Å²) in [7, 11) is 0. The first kappa shape index (κ1) is 20.8. The molecule has 0 aliphatic rings. The van der Waals surface area contributed by atoms with Gasteiger partial charge in [0.2, 0.25) is 0 Å². The molecule has 0 aliphatic carbocycles. The van der Waals surface area contributed by atoms with Crippen LogP contribution in [0.1, 0.15) is 22.5 Å². The van der Waals surface area contributed by atoms with Crippen molar-refractivity contribution in [1.29, 1.82) is 0 Å². The number of aromatic nitrogens is 3. The summed E-state index contributed by atoms with van der Waals surface area (Å²) in [5.74, 6) is -1.10. The van der Waals surface area contributed by atoms with Gasteiger partial charge in [0, 0.05) is 17.0 Å². The highest BCUT2D eigenvalue weighted by Crippen LogP contribution is 2.22. The zero-order valence-corrected chi connectivity index (χ0v) is 17.5. The Morgan fingerprint density at radius 3 is 2.72 bits per heavy atom. The van der Waals surface area contributed by atoms with Gasteiger partial charge in [0.15, 0.2) is 11.7 Å². The van der Waals surface area contributed by atoms with Crippen LogP contribution in [0, 0.1) is 13.8 Å². The summed E-state index contributed by atoms with van der Waals surface area (Å²) in [6.07, 6.45) is 2.76. The molecule has 3 aromatic rings. The number of benzene rings is 1. The molecule has 0 atom stereocenters. The Labute approximate surface area is 177 Å². The number of nitrogens with one attached hydrogen (secondary N) is 1. The van der Waals surface area contributed by atoms with E-state index in [1.807, 2.05) is 49.6 Å². The molecule has 0 saturated carbocycles. The number of ether oxygens (including phenoxy) is 1. The smallest absolute Gasteiger partial charge is 0.331 e. The molecular formula is C20H19ClN4O3S. The Bertz CT molecular complexity index is 1040. The van der Waals surface area contributed by atoms with E-state index in [4.69, 9.17) is 16.3 Å². The minimum Gasteiger partial charge on any atom is -0.452 e. The molecule has 2 aromatic heterocycles. The maximum Gasteiger partial charge on any atom is 0.331 e. The van der Waals surface area contributed by atoms with Gasteiger partial charge in [-0.05, 0) is 25.5 Å². The molecule has 1 N–H and O–H groups in total. The van der Waals surface area contributed by atoms with E-state index < -0.39 is 18.5 Å². The number of esters is 1. The van der Waals surface area contributed by atoms with Crippen LogP contribution < -0.4 is 5.32 Å². The monoisotopic (exact) mass is 430 g/mol. The predicted octanol–water partition coefficient (Wildman–Crippen LogP) is 3.85. The van der Waals surface area contributed by atoms with E-state index in [9.17, 15) is 9.59 Å². The lowest BCUT2D eigenvalue weighted by Gasteiger charge is -2.03. The van der Waals surface area contributed by atoms with E-state index in [1.165, 1.54) is 23.5 Å². The molecule has 0 unspecified atom stereocenters. The first-order chi connectivity index (χ1) is 13.9. The van der Waals surface area contributed by atoms with Crippen LogP contribution >= 0.6 is 22.9 Å². The zero-order valence-electron chi connectivity index (χ0n) is 15.9. The van der Waals surface area contributed by atoms with Crippen LogP contribution in [0.25, 0.3) is 6.08 Å². The SMILES string of the molecule is Cc1csc(NC(=O)COC(=O)/C=C/c2c(C)nn(Cc3ccccc3)c2Cl)n1. The number of hydrogen-bond donors (Lipinski definition) is 1. The van der Waals surface area contributed by atoms with Crippen LogP contribution in [0.4, 0.5) is 5.13 Å². The quantitative estimate of drug-likeness (QED) is 0.454. The van der Waals surface area contributed by atoms with Gasteiger partial charge in [-0.1, -0.05) is 41.9 Å². The van der Waals surface area contributed by atoms with E-state index in [0.717, 1.165) is 11.3 Å². The Hall–Kier alpha value is -2.97. The lowest BCUT2D eigenvalue weighted by molar-refractivity contribution is -0.142. The number of thiazole rings is 1. The van der Waals surface area contributed by atoms with Gasteiger partial charge in [-0.15, -0.1) is 11.3 Å². The van der Waals surface area contributed by atoms with Crippen LogP contribution in [-0.4, -0.2) is 33.2 Å². The van der Waals surface area contributed by atoms with E-state index in [2.05, 4.69) is 15.4 Å². The third-order valence-electron chi connectivity index (χ3n) is 3.88. The van der Waals surface area contributed by atoms with Crippen LogP contribution in [0.3, 0.4) is 0 Å². The van der Waals surface area contributed by atoms with Crippen molar-refractivity contribution in [2.24, 2.45) is 0 Å². The molecule has 1 aromatic carbocycles. The maximum absolute atomic E-state index is 11.9. The van der Waals surface area contributed by atoms with Crippen LogP contribution in [-0.2, 0) is 20.9 Å². The largest absolute Gasteiger partial charge is 0.452 e. The Balaban J connectivity index is 1.56. The molecule has 7 nitrogen and oxygen atoms in total. The second-order valence-corrected chi connectivity index (χ2v) is 7.43. The zero-order chi connectivity index (χ0) is 20.8. The topological polar surface area (TPSA) is 86.1 Å². The lowest BCUT2D eigenvalue weighted by Crippen LogP contribution is -2.20. The van der Waals surface area contributed by atoms with Crippen LogP contribution in [0.15, 0.2) is 41.8 Å². The molecular weight excluding hydrogens is 412 g/mol. The van der Waals surface area contributed by atoms with Crippen molar-refractivity contribution in [3.63, 3.8) is 0 Å². The molecule has 1 amide bonds. The lowest BCUT2D eigenvalue weighted by atomic mass is 10.2. The molecule has 2 heterocycles. The van der Waals surface area contributed by atoms with Crippen LogP contribution in [0.2, 0.25) is 5.15 Å². The Morgan fingerprint density at radius 2 is 2.03 bits per heavy atom. The molecule has 3 rings (SSSR count). The fourth-order valence-electron chi connectivity index (χ4n) is 2.52. The van der Waals surface area contributed by atoms with Gasteiger partial charge in [-0.3, -0.25) is 10.1 Å². The maximum atomic E-state index is 11.9. The third-order valence-corrected chi connectivity index (χ3v) is 5.16. The third kappa shape index (κ3) is 5.75. The average molecular weight is 431 g/mol. The van der Waals surface area contributed by atoms with Gasteiger partial charge in [0.05, 0.1) is 17.9 Å². The van der Waals surface area contributed by atoms with Crippen molar-refractivity contribution in [2.75, 3.05) is 11.9 Å². The molecule has 0 aliphatic heterocycles. The van der Waals surface area contributed by atoms with Gasteiger partial charge in [-0.25, -0.2) is 14.5 Å². The number of carbonyl (C=O) groups excluding carboxylic acids is 2. The van der Waals surface area contributed by atoms with Crippen molar-refractivity contribution < 1.29 is 14.3 Å². The molecule has 9 heteroatoms. The van der Waals surface area contributed by atoms with Crippen molar-refractivity contribution in [2.45, 2.75) is 20.4 Å². The fourth-order valence-corrected chi connectivity index (χ4v) is 3.52. The van der Waals surface area contributed by atoms with Gasteiger partial charge in [0.25, 0.3) is 5.91 Å². The summed E-state index contributed by atoms with van der Waals surface area (Å²) < 4.78 is 6.62. The van der Waals surface area contributed by atoms with Crippen molar-refractivity contribution in [3.05, 3.63) is 69.5 Å². The van der Waals surface area contributed by atoms with Crippen molar-refractivity contribution >= 4 is 46.0 Å². The molecule has 0 spiro atoms. The minimum absolute atomic E-state index is 0.401. The first-order valence-electron chi connectivity index (χ1n) is 8.76. The van der Waals surface area contributed by atoms with E-state index in [0.29, 0.717) is 28.1 Å². The molecule has 0 saturated heterocycles. The number of carbonyl (C=O) groups is 2. The summed E-state index contributed by atoms with van der Waals surface area (Å²) in [6, 6.07) is 9.80. The number of halogens is 1. The minimum atomic E-state index is -0.651. The van der Waals surface area contributed by atoms with E-state index >= 15 is 0 Å². The second kappa shape index (κ2) is 9.49. The Morgan fingerprint density at radius 1 is 1.28 bits per heavy atom. The average Bonchev–Trinajstić information content (AvgIpc) is 3.22. The number of hydrogen-bond acceptors (Lipinski definition) is 6. The molecule has 0 fully saturated rings. The highest BCUT2D eigenvalue weighted by Gasteiger charge is 2.13. The standard InChI is InChI=1S/C20H19ClN4O3S/c1-13-12-29-20(22-13)23-17(26)11-28-18(27)9-8-16-14(2)24-25(19(16)21)10-15-6-4-3-5-7-15/h3-9,12H,10-11H2,1-2H3,(H,22,23,26)/b9-8+. The predicted molar refractivity (Wildman–Crippen MR) is 113 cm³/mol. The summed E-state index contributed by atoms with van der Waals surface area (Å²) in [5.41, 5.74) is 3.19. The number of aryl methyl sites for hydroxylation is 2. The molecule has 0 bridgehead atoms. The molecule has 150 valence electrons. The van der Waals surface area contributed by atoms with Crippen LogP contribution in [0.5, 0.6) is 0 Å². The Kier molecular flexibility index (Phi) is 6.79. The second-order valence-electron chi connectivity index (χ2n) is 6.22. The molecule has 29 heavy (non-hydrogen) atoms. The summed E-state index contributed by atoms with van der Waals surface area (Å²) >= 11 is 7.71. The normalized spacial score (nSPS) is 11.0. The summed E-state index contributed by atoms with van der Waals surface area (Å²) in [6.45, 7) is 3.75. The summed E-state index contributed by atoms with van der Waals surface area (Å²) in [5, 5.41) is 9.69. The van der Waals surface area contributed by atoms with Gasteiger partial charge in [-0.2, -0.15) is 5.10 Å². The van der Waals surface area contributed by atoms with Gasteiger partial charge >= 0.3 is 5.97 Å². The number of nitrogens with zero attached hydrogens (tertiary/aromatic N) is 3. The van der Waals surface area contributed by atoms with Gasteiger partial charge < -0.3 is 4.74 Å². The highest BCUT2D eigenvalue weighted by atomic mass is 35.5. The van der Waals surface area contributed by atoms with E-state index in [1.54, 1.807) is 4.68 Å².